The van der Waals surface area contributed by atoms with E-state index in [1.54, 1.807) is 45.0 Å². The summed E-state index contributed by atoms with van der Waals surface area (Å²) in [5, 5.41) is 3.46. The minimum atomic E-state index is -0.764. The first-order valence-electron chi connectivity index (χ1n) is 13.4. The molecule has 0 saturated carbocycles. The number of hydrogen-bond acceptors (Lipinski definition) is 9. The molecule has 12 heteroatoms. The predicted molar refractivity (Wildman–Crippen MR) is 166 cm³/mol. The number of rotatable bonds is 8. The molecule has 1 N–H and O–H groups in total. The van der Waals surface area contributed by atoms with Crippen molar-refractivity contribution in [1.29, 1.82) is 0 Å². The molecular formula is C31H27Cl2N3O6S. The van der Waals surface area contributed by atoms with Crippen LogP contribution in [0.3, 0.4) is 0 Å². The zero-order valence-corrected chi connectivity index (χ0v) is 26.0. The largest absolute Gasteiger partial charge is 0.463 e. The first kappa shape index (κ1) is 30.3. The van der Waals surface area contributed by atoms with Crippen molar-refractivity contribution in [2.75, 3.05) is 18.5 Å². The molecule has 43 heavy (non-hydrogen) atoms. The average Bonchev–Trinajstić information content (AvgIpc) is 3.43. The Bertz CT molecular complexity index is 1940. The summed E-state index contributed by atoms with van der Waals surface area (Å²) in [4.78, 5) is 44.9. The molecule has 3 heterocycles. The molecule has 0 fully saturated rings. The summed E-state index contributed by atoms with van der Waals surface area (Å²) >= 11 is 13.9. The molecule has 0 radical (unpaired) electrons. The van der Waals surface area contributed by atoms with Gasteiger partial charge in [0.2, 0.25) is 5.88 Å². The number of thiazole rings is 1. The highest BCUT2D eigenvalue weighted by molar-refractivity contribution is 7.07. The van der Waals surface area contributed by atoms with Crippen molar-refractivity contribution < 1.29 is 23.5 Å². The number of hydrogen-bond donors (Lipinski definition) is 1. The number of allylic oxidation sites excluding steroid dienone is 1. The van der Waals surface area contributed by atoms with Crippen LogP contribution in [-0.2, 0) is 14.3 Å². The molecule has 0 aliphatic carbocycles. The van der Waals surface area contributed by atoms with E-state index in [0.717, 1.165) is 22.5 Å². The number of carbonyl (C=O) groups is 2. The molecule has 1 atom stereocenters. The first-order chi connectivity index (χ1) is 20.6. The van der Waals surface area contributed by atoms with Gasteiger partial charge in [-0.25, -0.2) is 14.6 Å². The van der Waals surface area contributed by atoms with Gasteiger partial charge in [-0.2, -0.15) is 0 Å². The number of ether oxygens (including phenoxy) is 2. The third-order valence-electron chi connectivity index (χ3n) is 6.61. The van der Waals surface area contributed by atoms with Crippen molar-refractivity contribution in [3.63, 3.8) is 0 Å². The van der Waals surface area contributed by atoms with Crippen molar-refractivity contribution in [3.8, 4) is 0 Å². The quantitative estimate of drug-likeness (QED) is 0.238. The minimum Gasteiger partial charge on any atom is -0.463 e. The second-order valence-electron chi connectivity index (χ2n) is 9.55. The molecule has 5 rings (SSSR count). The number of fused-ring (bicyclic) bond motifs is 1. The summed E-state index contributed by atoms with van der Waals surface area (Å²) in [5.74, 6) is -1.15. The fourth-order valence-corrected chi connectivity index (χ4v) is 6.13. The maximum atomic E-state index is 14.0. The van der Waals surface area contributed by atoms with Gasteiger partial charge in [-0.3, -0.25) is 9.36 Å². The van der Waals surface area contributed by atoms with E-state index in [1.165, 1.54) is 10.6 Å². The van der Waals surface area contributed by atoms with E-state index < -0.39 is 23.5 Å². The normalized spacial score (nSPS) is 14.7. The molecule has 9 nitrogen and oxygen atoms in total. The van der Waals surface area contributed by atoms with Crippen molar-refractivity contribution in [1.82, 2.24) is 4.57 Å². The Hall–Kier alpha value is -4.12. The number of carbonyl (C=O) groups excluding carboxylic acids is 2. The Kier molecular flexibility index (Phi) is 8.91. The van der Waals surface area contributed by atoms with E-state index >= 15 is 0 Å². The van der Waals surface area contributed by atoms with Gasteiger partial charge in [-0.05, 0) is 51.5 Å². The summed E-state index contributed by atoms with van der Waals surface area (Å²) in [5.41, 5.74) is 2.59. The van der Waals surface area contributed by atoms with Crippen LogP contribution in [0.4, 0.5) is 11.6 Å². The van der Waals surface area contributed by atoms with Crippen LogP contribution < -0.4 is 20.2 Å². The number of benzene rings is 2. The molecule has 2 aromatic carbocycles. The third-order valence-corrected chi connectivity index (χ3v) is 8.20. The number of nitrogens with zero attached hydrogens (tertiary/aromatic N) is 2. The highest BCUT2D eigenvalue weighted by Gasteiger charge is 2.33. The molecule has 0 amide bonds. The first-order valence-corrected chi connectivity index (χ1v) is 15.0. The molecule has 0 unspecified atom stereocenters. The summed E-state index contributed by atoms with van der Waals surface area (Å²) in [7, 11) is 0. The Morgan fingerprint density at radius 3 is 2.44 bits per heavy atom. The van der Waals surface area contributed by atoms with Gasteiger partial charge in [-0.15, -0.1) is 0 Å². The fourth-order valence-electron chi connectivity index (χ4n) is 4.67. The average molecular weight is 641 g/mol. The smallest absolute Gasteiger partial charge is 0.345 e. The second kappa shape index (κ2) is 12.6. The molecule has 4 aromatic rings. The van der Waals surface area contributed by atoms with Gasteiger partial charge in [0.1, 0.15) is 10.6 Å². The highest BCUT2D eigenvalue weighted by atomic mass is 35.5. The van der Waals surface area contributed by atoms with Crippen molar-refractivity contribution in [3.05, 3.63) is 112 Å². The lowest BCUT2D eigenvalue weighted by atomic mass is 9.95. The van der Waals surface area contributed by atoms with Crippen LogP contribution in [0.15, 0.2) is 74.0 Å². The number of esters is 2. The number of halogens is 2. The van der Waals surface area contributed by atoms with Crippen LogP contribution in [-0.4, -0.2) is 29.7 Å². The van der Waals surface area contributed by atoms with Gasteiger partial charge >= 0.3 is 11.9 Å². The van der Waals surface area contributed by atoms with E-state index in [9.17, 15) is 14.4 Å². The van der Waals surface area contributed by atoms with E-state index in [2.05, 4.69) is 10.3 Å². The zero-order valence-electron chi connectivity index (χ0n) is 23.7. The fraction of sp³-hybridized carbons (Fsp3) is 0.226. The summed E-state index contributed by atoms with van der Waals surface area (Å²) in [6.45, 7) is 7.35. The zero-order chi connectivity index (χ0) is 30.8. The minimum absolute atomic E-state index is 0.0273. The Morgan fingerprint density at radius 2 is 1.77 bits per heavy atom. The van der Waals surface area contributed by atoms with Gasteiger partial charge in [-0.1, -0.05) is 70.4 Å². The van der Waals surface area contributed by atoms with Crippen LogP contribution in [0.1, 0.15) is 54.1 Å². The molecule has 222 valence electrons. The highest BCUT2D eigenvalue weighted by Crippen LogP contribution is 2.36. The van der Waals surface area contributed by atoms with E-state index in [-0.39, 0.29) is 45.5 Å². The van der Waals surface area contributed by atoms with Gasteiger partial charge in [0, 0.05) is 16.8 Å². The Morgan fingerprint density at radius 1 is 1.07 bits per heavy atom. The Balaban J connectivity index is 1.67. The number of aromatic nitrogens is 1. The molecule has 1 aliphatic heterocycles. The Labute approximate surface area is 260 Å². The maximum absolute atomic E-state index is 14.0. The molecule has 0 spiro atoms. The molecule has 0 bridgehead atoms. The second-order valence-corrected chi connectivity index (χ2v) is 11.4. The number of aryl methyl sites for hydroxylation is 1. The lowest BCUT2D eigenvalue weighted by Gasteiger charge is -2.24. The lowest BCUT2D eigenvalue weighted by molar-refractivity contribution is -0.139. The summed E-state index contributed by atoms with van der Waals surface area (Å²) in [6, 6.07) is 13.6. The molecular weight excluding hydrogens is 613 g/mol. The number of anilines is 2. The lowest BCUT2D eigenvalue weighted by Crippen LogP contribution is -2.39. The van der Waals surface area contributed by atoms with Gasteiger partial charge < -0.3 is 19.2 Å². The topological polar surface area (TPSA) is 112 Å². The van der Waals surface area contributed by atoms with E-state index in [0.29, 0.717) is 21.2 Å². The molecule has 1 aliphatic rings. The molecule has 2 aromatic heterocycles. The third kappa shape index (κ3) is 6.04. The predicted octanol–water partition coefficient (Wildman–Crippen LogP) is 5.93. The summed E-state index contributed by atoms with van der Waals surface area (Å²) < 4.78 is 18.2. The molecule has 0 saturated heterocycles. The SMILES string of the molecule is CCOC(=O)C1=C(C)N=c2s/c(=C\c3oc(Nc4cccc(Cl)c4)c(C(=O)OCC)c3Cl)c(=O)n2[C@H]1c1ccc(C)cc1. The van der Waals surface area contributed by atoms with Crippen LogP contribution in [0.5, 0.6) is 0 Å². The number of furan rings is 1. The summed E-state index contributed by atoms with van der Waals surface area (Å²) in [6.07, 6.45) is 1.45. The van der Waals surface area contributed by atoms with Gasteiger partial charge in [0.15, 0.2) is 10.6 Å². The van der Waals surface area contributed by atoms with Gasteiger partial charge in [0.05, 0.1) is 35.1 Å². The number of nitrogens with one attached hydrogen (secondary N) is 1. The van der Waals surface area contributed by atoms with Crippen LogP contribution in [0.2, 0.25) is 10.0 Å². The van der Waals surface area contributed by atoms with E-state index in [4.69, 9.17) is 37.1 Å². The van der Waals surface area contributed by atoms with Crippen molar-refractivity contribution in [2.45, 2.75) is 33.7 Å². The van der Waals surface area contributed by atoms with E-state index in [1.807, 2.05) is 31.2 Å². The monoisotopic (exact) mass is 639 g/mol. The standard InChI is InChI=1S/C31H27Cl2N3O6S/c1-5-40-29(38)23-17(4)34-31-36(26(23)18-12-10-16(3)11-13-18)28(37)22(43-31)15-21-25(33)24(30(39)41-6-2)27(42-21)35-20-9-7-8-19(32)14-20/h7-15,26,35H,5-6H2,1-4H3/b22-15-/t26-/m0/s1. The van der Waals surface area contributed by atoms with Crippen molar-refractivity contribution in [2.24, 2.45) is 4.99 Å². The van der Waals surface area contributed by atoms with Gasteiger partial charge in [0.25, 0.3) is 5.56 Å². The van der Waals surface area contributed by atoms with Crippen LogP contribution >= 0.6 is 34.5 Å². The van der Waals surface area contributed by atoms with Crippen LogP contribution in [0, 0.1) is 6.92 Å². The van der Waals surface area contributed by atoms with Crippen molar-refractivity contribution >= 4 is 64.1 Å². The van der Waals surface area contributed by atoms with Crippen LogP contribution in [0.25, 0.3) is 6.08 Å². The maximum Gasteiger partial charge on any atom is 0.345 e.